The molecule has 0 bridgehead atoms. The number of phenols is 1. The van der Waals surface area contributed by atoms with E-state index in [1.807, 2.05) is 18.2 Å². The number of ether oxygens (including phenoxy) is 1. The first-order valence-corrected chi connectivity index (χ1v) is 10.5. The van der Waals surface area contributed by atoms with Gasteiger partial charge in [0.1, 0.15) is 5.75 Å². The predicted molar refractivity (Wildman–Crippen MR) is 126 cm³/mol. The molecular formula is C21H35IN4O2. The van der Waals surface area contributed by atoms with Gasteiger partial charge in [0.2, 0.25) is 0 Å². The van der Waals surface area contributed by atoms with E-state index in [4.69, 9.17) is 9.73 Å². The molecule has 1 aliphatic carbocycles. The van der Waals surface area contributed by atoms with Crippen molar-refractivity contribution in [2.45, 2.75) is 45.1 Å². The molecule has 2 fully saturated rings. The number of aliphatic imine (C=N–C) groups is 1. The van der Waals surface area contributed by atoms with Crippen molar-refractivity contribution in [2.75, 3.05) is 50.8 Å². The van der Waals surface area contributed by atoms with Crippen LogP contribution in [-0.2, 0) is 4.74 Å². The van der Waals surface area contributed by atoms with Crippen molar-refractivity contribution in [1.29, 1.82) is 0 Å². The maximum atomic E-state index is 10.1. The van der Waals surface area contributed by atoms with Gasteiger partial charge in [0.25, 0.3) is 0 Å². The Morgan fingerprint density at radius 2 is 1.89 bits per heavy atom. The molecule has 2 N–H and O–H groups in total. The van der Waals surface area contributed by atoms with Crippen LogP contribution in [0.2, 0.25) is 0 Å². The second-order valence-corrected chi connectivity index (χ2v) is 7.33. The minimum atomic E-state index is 0. The van der Waals surface area contributed by atoms with E-state index in [0.29, 0.717) is 11.9 Å². The smallest absolute Gasteiger partial charge is 0.194 e. The highest BCUT2D eigenvalue weighted by molar-refractivity contribution is 14.0. The molecule has 0 aromatic heterocycles. The highest BCUT2D eigenvalue weighted by atomic mass is 127. The first-order valence-electron chi connectivity index (χ1n) is 10.5. The fourth-order valence-corrected chi connectivity index (χ4v) is 3.87. The van der Waals surface area contributed by atoms with Gasteiger partial charge in [-0.3, -0.25) is 4.99 Å². The molecule has 1 aromatic carbocycles. The summed E-state index contributed by atoms with van der Waals surface area (Å²) in [5.41, 5.74) is 0.920. The van der Waals surface area contributed by atoms with Gasteiger partial charge >= 0.3 is 0 Å². The summed E-state index contributed by atoms with van der Waals surface area (Å²) >= 11 is 0. The van der Waals surface area contributed by atoms with Crippen LogP contribution >= 0.6 is 24.0 Å². The van der Waals surface area contributed by atoms with Crippen LogP contribution < -0.4 is 10.2 Å². The minimum absolute atomic E-state index is 0. The van der Waals surface area contributed by atoms with Gasteiger partial charge in [-0.25, -0.2) is 0 Å². The number of guanidine groups is 1. The number of aromatic hydroxyl groups is 1. The molecule has 0 atom stereocenters. The number of anilines is 1. The SMILES string of the molecule is CCNC(=NCCCOC1CCCC1)N1CCN(c2ccccc2O)CC1.I. The summed E-state index contributed by atoms with van der Waals surface area (Å²) in [6, 6.07) is 7.57. The zero-order valence-corrected chi connectivity index (χ0v) is 19.3. The number of hydrogen-bond acceptors (Lipinski definition) is 4. The summed E-state index contributed by atoms with van der Waals surface area (Å²) < 4.78 is 5.93. The number of para-hydroxylation sites is 2. The largest absolute Gasteiger partial charge is 0.506 e. The third-order valence-corrected chi connectivity index (χ3v) is 5.36. The normalized spacial score (nSPS) is 18.2. The Kier molecular flexibility index (Phi) is 10.2. The molecule has 1 saturated heterocycles. The summed E-state index contributed by atoms with van der Waals surface area (Å²) in [6.45, 7) is 8.16. The molecule has 1 saturated carbocycles. The molecule has 7 heteroatoms. The lowest BCUT2D eigenvalue weighted by Crippen LogP contribution is -2.52. The van der Waals surface area contributed by atoms with Crippen molar-refractivity contribution in [2.24, 2.45) is 4.99 Å². The van der Waals surface area contributed by atoms with Gasteiger partial charge in [-0.1, -0.05) is 25.0 Å². The molecular weight excluding hydrogens is 467 g/mol. The maximum absolute atomic E-state index is 10.1. The summed E-state index contributed by atoms with van der Waals surface area (Å²) in [7, 11) is 0. The average Bonchev–Trinajstić information content (AvgIpc) is 3.21. The molecule has 3 rings (SSSR count). The van der Waals surface area contributed by atoms with Crippen LogP contribution in [0.4, 0.5) is 5.69 Å². The van der Waals surface area contributed by atoms with E-state index in [9.17, 15) is 5.11 Å². The first kappa shape index (κ1) is 23.1. The Morgan fingerprint density at radius 1 is 1.18 bits per heavy atom. The van der Waals surface area contributed by atoms with Crippen molar-refractivity contribution in [3.63, 3.8) is 0 Å². The van der Waals surface area contributed by atoms with Crippen LogP contribution in [0.15, 0.2) is 29.3 Å². The van der Waals surface area contributed by atoms with Crippen molar-refractivity contribution < 1.29 is 9.84 Å². The Hall–Kier alpha value is -1.22. The van der Waals surface area contributed by atoms with Gasteiger partial charge in [-0.15, -0.1) is 24.0 Å². The molecule has 0 spiro atoms. The zero-order valence-electron chi connectivity index (χ0n) is 17.0. The summed E-state index contributed by atoms with van der Waals surface area (Å²) in [6.07, 6.45) is 6.56. The number of benzene rings is 1. The van der Waals surface area contributed by atoms with Crippen LogP contribution in [0.1, 0.15) is 39.0 Å². The average molecular weight is 502 g/mol. The molecule has 158 valence electrons. The molecule has 0 radical (unpaired) electrons. The standard InChI is InChI=1S/C21H34N4O2.HI/c1-2-22-21(23-12-7-17-27-18-8-3-4-9-18)25-15-13-24(14-16-25)19-10-5-6-11-20(19)26;/h5-6,10-11,18,26H,2-4,7-9,12-17H2,1H3,(H,22,23);1H. The number of piperazine rings is 1. The Bertz CT molecular complexity index is 600. The minimum Gasteiger partial charge on any atom is -0.506 e. The van der Waals surface area contributed by atoms with Crippen LogP contribution in [0.5, 0.6) is 5.75 Å². The second-order valence-electron chi connectivity index (χ2n) is 7.33. The molecule has 1 heterocycles. The summed E-state index contributed by atoms with van der Waals surface area (Å²) in [5, 5.41) is 13.5. The van der Waals surface area contributed by atoms with Crippen molar-refractivity contribution >= 4 is 35.6 Å². The zero-order chi connectivity index (χ0) is 18.9. The molecule has 2 aliphatic rings. The van der Waals surface area contributed by atoms with E-state index in [-0.39, 0.29) is 24.0 Å². The van der Waals surface area contributed by atoms with E-state index >= 15 is 0 Å². The number of nitrogens with one attached hydrogen (secondary N) is 1. The molecule has 0 unspecified atom stereocenters. The van der Waals surface area contributed by atoms with E-state index in [0.717, 1.165) is 63.9 Å². The fourth-order valence-electron chi connectivity index (χ4n) is 3.87. The monoisotopic (exact) mass is 502 g/mol. The van der Waals surface area contributed by atoms with Crippen LogP contribution in [0.25, 0.3) is 0 Å². The third-order valence-electron chi connectivity index (χ3n) is 5.36. The lowest BCUT2D eigenvalue weighted by atomic mass is 10.2. The molecule has 1 aromatic rings. The lowest BCUT2D eigenvalue weighted by molar-refractivity contribution is 0.0579. The molecule has 6 nitrogen and oxygen atoms in total. The van der Waals surface area contributed by atoms with Gasteiger partial charge in [-0.2, -0.15) is 0 Å². The predicted octanol–water partition coefficient (Wildman–Crippen LogP) is 3.45. The third kappa shape index (κ3) is 6.69. The molecule has 1 aliphatic heterocycles. The van der Waals surface area contributed by atoms with E-state index < -0.39 is 0 Å². The van der Waals surface area contributed by atoms with Gasteiger partial charge in [-0.05, 0) is 38.3 Å². The van der Waals surface area contributed by atoms with Gasteiger partial charge in [0.15, 0.2) is 5.96 Å². The summed E-state index contributed by atoms with van der Waals surface area (Å²) in [4.78, 5) is 9.36. The highest BCUT2D eigenvalue weighted by Gasteiger charge is 2.21. The van der Waals surface area contributed by atoms with Gasteiger partial charge < -0.3 is 25.0 Å². The number of phenolic OH excluding ortho intramolecular Hbond substituents is 1. The quantitative estimate of drug-likeness (QED) is 0.259. The van der Waals surface area contributed by atoms with Gasteiger partial charge in [0, 0.05) is 45.9 Å². The van der Waals surface area contributed by atoms with Crippen LogP contribution in [0.3, 0.4) is 0 Å². The number of rotatable bonds is 7. The van der Waals surface area contributed by atoms with Gasteiger partial charge in [0.05, 0.1) is 11.8 Å². The van der Waals surface area contributed by atoms with E-state index in [1.54, 1.807) is 6.07 Å². The number of halogens is 1. The summed E-state index contributed by atoms with van der Waals surface area (Å²) in [5.74, 6) is 1.35. The molecule has 28 heavy (non-hydrogen) atoms. The van der Waals surface area contributed by atoms with Crippen molar-refractivity contribution in [1.82, 2.24) is 10.2 Å². The maximum Gasteiger partial charge on any atom is 0.194 e. The van der Waals surface area contributed by atoms with E-state index in [1.165, 1.54) is 25.7 Å². The number of hydrogen-bond donors (Lipinski definition) is 2. The van der Waals surface area contributed by atoms with E-state index in [2.05, 4.69) is 22.0 Å². The van der Waals surface area contributed by atoms with Crippen LogP contribution in [0, 0.1) is 0 Å². The first-order chi connectivity index (χ1) is 13.3. The van der Waals surface area contributed by atoms with Crippen molar-refractivity contribution in [3.05, 3.63) is 24.3 Å². The van der Waals surface area contributed by atoms with Crippen LogP contribution in [-0.4, -0.2) is 67.9 Å². The number of nitrogens with zero attached hydrogens (tertiary/aromatic N) is 3. The highest BCUT2D eigenvalue weighted by Crippen LogP contribution is 2.27. The van der Waals surface area contributed by atoms with Crippen molar-refractivity contribution in [3.8, 4) is 5.75 Å². The molecule has 0 amide bonds. The second kappa shape index (κ2) is 12.4. The fraction of sp³-hybridized carbons (Fsp3) is 0.667. The lowest BCUT2D eigenvalue weighted by Gasteiger charge is -2.37. The Morgan fingerprint density at radius 3 is 2.57 bits per heavy atom. The Balaban J connectivity index is 0.00000280. The topological polar surface area (TPSA) is 60.3 Å². The Labute approximate surface area is 186 Å².